The molecule has 2 aromatic rings. The lowest BCUT2D eigenvalue weighted by atomic mass is 10.0. The van der Waals surface area contributed by atoms with Crippen LogP contribution in [0.2, 0.25) is 0 Å². The van der Waals surface area contributed by atoms with Gasteiger partial charge in [0.1, 0.15) is 29.6 Å². The number of allylic oxidation sites excluding steroid dienone is 2. The summed E-state index contributed by atoms with van der Waals surface area (Å²) in [5.41, 5.74) is -1.03. The van der Waals surface area contributed by atoms with Crippen molar-refractivity contribution in [2.75, 3.05) is 5.32 Å². The van der Waals surface area contributed by atoms with Crippen LogP contribution in [-0.4, -0.2) is 10.7 Å². The molecular formula is C18H9N5O3. The number of rotatable bonds is 5. The number of nitro benzene ring substituents is 1. The molecule has 0 unspecified atom stereocenters. The first-order chi connectivity index (χ1) is 12.5. The van der Waals surface area contributed by atoms with Crippen LogP contribution in [0.15, 0.2) is 59.8 Å². The van der Waals surface area contributed by atoms with Gasteiger partial charge in [-0.25, -0.2) is 0 Å². The van der Waals surface area contributed by atoms with Gasteiger partial charge in [-0.2, -0.15) is 15.8 Å². The van der Waals surface area contributed by atoms with Gasteiger partial charge < -0.3 is 5.32 Å². The van der Waals surface area contributed by atoms with E-state index in [1.807, 2.05) is 0 Å². The number of hydrogen-bond donors (Lipinski definition) is 1. The van der Waals surface area contributed by atoms with E-state index in [4.69, 9.17) is 15.8 Å². The minimum Gasteiger partial charge on any atom is -0.340 e. The van der Waals surface area contributed by atoms with Crippen molar-refractivity contribution in [3.8, 4) is 18.2 Å². The molecule has 0 aliphatic rings. The molecule has 0 amide bonds. The zero-order valence-corrected chi connectivity index (χ0v) is 13.1. The van der Waals surface area contributed by atoms with Gasteiger partial charge in [0.25, 0.3) is 5.69 Å². The number of hydrogen-bond acceptors (Lipinski definition) is 7. The third kappa shape index (κ3) is 3.70. The molecule has 0 bridgehead atoms. The summed E-state index contributed by atoms with van der Waals surface area (Å²) in [5.74, 6) is -0.397. The van der Waals surface area contributed by atoms with Gasteiger partial charge in [0.15, 0.2) is 11.4 Å². The third-order valence-electron chi connectivity index (χ3n) is 3.34. The van der Waals surface area contributed by atoms with Crippen molar-refractivity contribution in [3.05, 3.63) is 81.0 Å². The SMILES string of the molecule is N#CC(C#N)=C(C#N)Nc1ccc(C(=O)c2ccccc2)cc1[N+](=O)[O-]. The highest BCUT2D eigenvalue weighted by atomic mass is 16.6. The minimum absolute atomic E-state index is 0.0942. The van der Waals surface area contributed by atoms with Crippen molar-refractivity contribution in [2.24, 2.45) is 0 Å². The molecule has 0 fully saturated rings. The highest BCUT2D eigenvalue weighted by Crippen LogP contribution is 2.28. The summed E-state index contributed by atoms with van der Waals surface area (Å²) in [7, 11) is 0. The molecule has 2 rings (SSSR count). The van der Waals surface area contributed by atoms with E-state index < -0.39 is 27.7 Å². The summed E-state index contributed by atoms with van der Waals surface area (Å²) in [4.78, 5) is 23.0. The zero-order valence-electron chi connectivity index (χ0n) is 13.1. The lowest BCUT2D eigenvalue weighted by Gasteiger charge is -2.07. The second kappa shape index (κ2) is 7.87. The second-order valence-electron chi connectivity index (χ2n) is 4.89. The van der Waals surface area contributed by atoms with Crippen LogP contribution >= 0.6 is 0 Å². The van der Waals surface area contributed by atoms with Crippen LogP contribution < -0.4 is 5.32 Å². The van der Waals surface area contributed by atoms with Gasteiger partial charge in [-0.3, -0.25) is 14.9 Å². The summed E-state index contributed by atoms with van der Waals surface area (Å²) >= 11 is 0. The van der Waals surface area contributed by atoms with Gasteiger partial charge in [0.05, 0.1) is 4.92 Å². The Labute approximate surface area is 148 Å². The first kappa shape index (κ1) is 17.9. The standard InChI is InChI=1S/C18H9N5O3/c19-9-14(10-20)16(11-21)22-15-7-6-13(8-17(15)23(25)26)18(24)12-4-2-1-3-5-12/h1-8,22H. The second-order valence-corrected chi connectivity index (χ2v) is 4.89. The normalized spacial score (nSPS) is 9.12. The average molecular weight is 343 g/mol. The van der Waals surface area contributed by atoms with Crippen LogP contribution in [0.1, 0.15) is 15.9 Å². The van der Waals surface area contributed by atoms with E-state index in [2.05, 4.69) is 5.32 Å². The fourth-order valence-corrected chi connectivity index (χ4v) is 2.10. The van der Waals surface area contributed by atoms with Crippen molar-refractivity contribution in [3.63, 3.8) is 0 Å². The molecule has 8 nitrogen and oxygen atoms in total. The first-order valence-electron chi connectivity index (χ1n) is 7.11. The largest absolute Gasteiger partial charge is 0.340 e. The Hall–Kier alpha value is -4.48. The summed E-state index contributed by atoms with van der Waals surface area (Å²) in [6.07, 6.45) is 0. The van der Waals surface area contributed by atoms with Crippen LogP contribution in [0, 0.1) is 44.1 Å². The maximum Gasteiger partial charge on any atom is 0.293 e. The first-order valence-corrected chi connectivity index (χ1v) is 7.11. The number of benzene rings is 2. The number of carbonyl (C=O) groups excluding carboxylic acids is 1. The molecule has 2 aromatic carbocycles. The molecule has 0 spiro atoms. The van der Waals surface area contributed by atoms with E-state index >= 15 is 0 Å². The topological polar surface area (TPSA) is 144 Å². The highest BCUT2D eigenvalue weighted by Gasteiger charge is 2.20. The molecule has 0 aliphatic carbocycles. The van der Waals surface area contributed by atoms with Crippen LogP contribution in [0.5, 0.6) is 0 Å². The predicted molar refractivity (Wildman–Crippen MR) is 90.5 cm³/mol. The van der Waals surface area contributed by atoms with Crippen LogP contribution in [0.4, 0.5) is 11.4 Å². The molecule has 0 radical (unpaired) electrons. The van der Waals surface area contributed by atoms with Crippen molar-refractivity contribution in [1.29, 1.82) is 15.8 Å². The molecule has 0 aromatic heterocycles. The average Bonchev–Trinajstić information content (AvgIpc) is 2.68. The van der Waals surface area contributed by atoms with Gasteiger partial charge in [0.2, 0.25) is 0 Å². The van der Waals surface area contributed by atoms with Gasteiger partial charge in [-0.05, 0) is 12.1 Å². The summed E-state index contributed by atoms with van der Waals surface area (Å²) in [6, 6.07) is 16.6. The fraction of sp³-hybridized carbons (Fsp3) is 0. The number of ketones is 1. The fourth-order valence-electron chi connectivity index (χ4n) is 2.10. The summed E-state index contributed by atoms with van der Waals surface area (Å²) in [5, 5.41) is 40.4. The predicted octanol–water partition coefficient (Wildman–Crippen LogP) is 3.06. The van der Waals surface area contributed by atoms with Crippen LogP contribution in [0.25, 0.3) is 0 Å². The Morgan fingerprint density at radius 3 is 2.15 bits per heavy atom. The Bertz CT molecular complexity index is 1020. The summed E-state index contributed by atoms with van der Waals surface area (Å²) < 4.78 is 0. The van der Waals surface area contributed by atoms with E-state index in [0.717, 1.165) is 6.07 Å². The number of nitrogens with zero attached hydrogens (tertiary/aromatic N) is 4. The summed E-state index contributed by atoms with van der Waals surface area (Å²) in [6.45, 7) is 0. The molecule has 8 heteroatoms. The number of nitro groups is 1. The van der Waals surface area contributed by atoms with Gasteiger partial charge in [-0.15, -0.1) is 0 Å². The highest BCUT2D eigenvalue weighted by molar-refractivity contribution is 6.09. The molecular weight excluding hydrogens is 334 g/mol. The lowest BCUT2D eigenvalue weighted by molar-refractivity contribution is -0.383. The van der Waals surface area contributed by atoms with E-state index in [9.17, 15) is 14.9 Å². The molecule has 0 atom stereocenters. The van der Waals surface area contributed by atoms with Crippen LogP contribution in [0.3, 0.4) is 0 Å². The smallest absolute Gasteiger partial charge is 0.293 e. The maximum atomic E-state index is 12.4. The maximum absolute atomic E-state index is 12.4. The molecule has 124 valence electrons. The van der Waals surface area contributed by atoms with Gasteiger partial charge in [-0.1, -0.05) is 30.3 Å². The van der Waals surface area contributed by atoms with E-state index in [0.29, 0.717) is 5.56 Å². The molecule has 0 heterocycles. The van der Waals surface area contributed by atoms with Crippen molar-refractivity contribution in [2.45, 2.75) is 0 Å². The lowest BCUT2D eigenvalue weighted by Crippen LogP contribution is -2.06. The molecule has 1 N–H and O–H groups in total. The zero-order chi connectivity index (χ0) is 19.1. The Balaban J connectivity index is 2.49. The van der Waals surface area contributed by atoms with Crippen molar-refractivity contribution in [1.82, 2.24) is 0 Å². The number of nitriles is 3. The monoisotopic (exact) mass is 343 g/mol. The molecule has 0 aliphatic heterocycles. The number of carbonyl (C=O) groups is 1. The third-order valence-corrected chi connectivity index (χ3v) is 3.34. The molecule has 0 saturated heterocycles. The Morgan fingerprint density at radius 2 is 1.62 bits per heavy atom. The Morgan fingerprint density at radius 1 is 0.962 bits per heavy atom. The van der Waals surface area contributed by atoms with Crippen LogP contribution in [-0.2, 0) is 0 Å². The van der Waals surface area contributed by atoms with Crippen molar-refractivity contribution < 1.29 is 9.72 Å². The van der Waals surface area contributed by atoms with E-state index in [1.54, 1.807) is 36.4 Å². The van der Waals surface area contributed by atoms with E-state index in [1.165, 1.54) is 24.3 Å². The van der Waals surface area contributed by atoms with Gasteiger partial charge >= 0.3 is 0 Å². The Kier molecular flexibility index (Phi) is 5.41. The quantitative estimate of drug-likeness (QED) is 0.380. The minimum atomic E-state index is -0.725. The molecule has 26 heavy (non-hydrogen) atoms. The number of anilines is 1. The van der Waals surface area contributed by atoms with Gasteiger partial charge in [0, 0.05) is 17.2 Å². The number of nitrogens with one attached hydrogen (secondary N) is 1. The van der Waals surface area contributed by atoms with E-state index in [-0.39, 0.29) is 11.3 Å². The van der Waals surface area contributed by atoms with Crippen molar-refractivity contribution >= 4 is 17.2 Å². The molecule has 0 saturated carbocycles.